The number of ether oxygens (including phenoxy) is 3. The lowest BCUT2D eigenvalue weighted by Gasteiger charge is -2.24. The fourth-order valence-corrected chi connectivity index (χ4v) is 3.35. The quantitative estimate of drug-likeness (QED) is 0.152. The SMILES string of the molecule is C=C(C)Cc1cc(CC)cc(C(Nc2ccc(C(=N)N)cc2)C(=O)OC)c1OCCOC. The van der Waals surface area contributed by atoms with E-state index in [0.29, 0.717) is 42.2 Å². The molecule has 0 amide bonds. The third kappa shape index (κ3) is 6.59. The number of nitrogens with one attached hydrogen (secondary N) is 2. The summed E-state index contributed by atoms with van der Waals surface area (Å²) in [5.74, 6) is 0.173. The molecule has 0 aliphatic carbocycles. The highest BCUT2D eigenvalue weighted by atomic mass is 16.5. The number of hydrogen-bond acceptors (Lipinski definition) is 6. The van der Waals surface area contributed by atoms with Gasteiger partial charge in [0.1, 0.15) is 18.2 Å². The Morgan fingerprint density at radius 1 is 1.19 bits per heavy atom. The van der Waals surface area contributed by atoms with Gasteiger partial charge in [0.25, 0.3) is 0 Å². The molecule has 1 unspecified atom stereocenters. The third-order valence-corrected chi connectivity index (χ3v) is 4.94. The second-order valence-electron chi connectivity index (χ2n) is 7.59. The van der Waals surface area contributed by atoms with Crippen molar-refractivity contribution in [1.82, 2.24) is 0 Å². The van der Waals surface area contributed by atoms with Gasteiger partial charge in [0, 0.05) is 23.9 Å². The van der Waals surface area contributed by atoms with Crippen LogP contribution >= 0.6 is 0 Å². The number of methoxy groups -OCH3 is 2. The first-order valence-corrected chi connectivity index (χ1v) is 10.5. The molecule has 2 rings (SSSR count). The maximum absolute atomic E-state index is 12.9. The number of carbonyl (C=O) groups excluding carboxylic acids is 1. The Bertz CT molecular complexity index is 954. The van der Waals surface area contributed by atoms with E-state index in [9.17, 15) is 4.79 Å². The average Bonchev–Trinajstić information content (AvgIpc) is 2.77. The second kappa shape index (κ2) is 11.9. The summed E-state index contributed by atoms with van der Waals surface area (Å²) in [4.78, 5) is 12.9. The van der Waals surface area contributed by atoms with Crippen LogP contribution in [0.1, 0.15) is 42.1 Å². The summed E-state index contributed by atoms with van der Waals surface area (Å²) in [5, 5.41) is 10.8. The number of nitrogens with two attached hydrogens (primary N) is 1. The molecule has 7 nitrogen and oxygen atoms in total. The molecule has 0 spiro atoms. The predicted octanol–water partition coefficient (Wildman–Crippen LogP) is 4.00. The number of hydrogen-bond donors (Lipinski definition) is 3. The summed E-state index contributed by atoms with van der Waals surface area (Å²) in [6.45, 7) is 8.84. The Morgan fingerprint density at radius 3 is 2.41 bits per heavy atom. The van der Waals surface area contributed by atoms with E-state index in [1.54, 1.807) is 31.4 Å². The van der Waals surface area contributed by atoms with Gasteiger partial charge in [-0.1, -0.05) is 25.1 Å². The minimum absolute atomic E-state index is 0.0185. The van der Waals surface area contributed by atoms with Gasteiger partial charge in [-0.15, -0.1) is 0 Å². The molecule has 0 bridgehead atoms. The number of benzene rings is 2. The summed E-state index contributed by atoms with van der Waals surface area (Å²) in [6, 6.07) is 10.3. The van der Waals surface area contributed by atoms with Crippen LogP contribution in [0, 0.1) is 5.41 Å². The predicted molar refractivity (Wildman–Crippen MR) is 128 cm³/mol. The number of amidine groups is 1. The highest BCUT2D eigenvalue weighted by Crippen LogP contribution is 2.35. The van der Waals surface area contributed by atoms with Gasteiger partial charge in [-0.2, -0.15) is 0 Å². The molecule has 1 atom stereocenters. The van der Waals surface area contributed by atoms with Gasteiger partial charge in [-0.25, -0.2) is 4.79 Å². The third-order valence-electron chi connectivity index (χ3n) is 4.94. The van der Waals surface area contributed by atoms with Gasteiger partial charge in [0.2, 0.25) is 0 Å². The van der Waals surface area contributed by atoms with Crippen LogP contribution in [0.15, 0.2) is 48.6 Å². The Kier molecular flexibility index (Phi) is 9.28. The van der Waals surface area contributed by atoms with Gasteiger partial charge in [-0.05, 0) is 61.2 Å². The molecule has 0 radical (unpaired) electrons. The number of anilines is 1. The van der Waals surface area contributed by atoms with Crippen molar-refractivity contribution in [2.75, 3.05) is 32.8 Å². The van der Waals surface area contributed by atoms with E-state index < -0.39 is 12.0 Å². The maximum Gasteiger partial charge on any atom is 0.333 e. The minimum atomic E-state index is -0.795. The zero-order chi connectivity index (χ0) is 23.7. The summed E-state index contributed by atoms with van der Waals surface area (Å²) < 4.78 is 16.4. The van der Waals surface area contributed by atoms with Gasteiger partial charge < -0.3 is 25.3 Å². The first-order chi connectivity index (χ1) is 15.3. The molecule has 0 aromatic heterocycles. The monoisotopic (exact) mass is 439 g/mol. The lowest BCUT2D eigenvalue weighted by atomic mass is 9.94. The van der Waals surface area contributed by atoms with Crippen LogP contribution < -0.4 is 15.8 Å². The van der Waals surface area contributed by atoms with Crippen LogP contribution in [-0.2, 0) is 27.1 Å². The molecule has 0 fully saturated rings. The van der Waals surface area contributed by atoms with Crippen LogP contribution in [0.4, 0.5) is 5.69 Å². The molecular formula is C25H33N3O4. The molecule has 2 aromatic rings. The normalized spacial score (nSPS) is 11.5. The fourth-order valence-electron chi connectivity index (χ4n) is 3.35. The van der Waals surface area contributed by atoms with Gasteiger partial charge in [-0.3, -0.25) is 5.41 Å². The van der Waals surface area contributed by atoms with Crippen LogP contribution in [-0.4, -0.2) is 39.2 Å². The zero-order valence-corrected chi connectivity index (χ0v) is 19.3. The number of esters is 1. The summed E-state index contributed by atoms with van der Waals surface area (Å²) in [7, 11) is 2.97. The fraction of sp³-hybridized carbons (Fsp3) is 0.360. The molecule has 0 heterocycles. The van der Waals surface area contributed by atoms with Gasteiger partial charge >= 0.3 is 5.97 Å². The van der Waals surface area contributed by atoms with E-state index >= 15 is 0 Å². The van der Waals surface area contributed by atoms with Crippen LogP contribution in [0.2, 0.25) is 0 Å². The Labute approximate surface area is 190 Å². The first-order valence-electron chi connectivity index (χ1n) is 10.5. The van der Waals surface area contributed by atoms with Crippen molar-refractivity contribution in [3.8, 4) is 5.75 Å². The van der Waals surface area contributed by atoms with Crippen molar-refractivity contribution in [1.29, 1.82) is 5.41 Å². The Morgan fingerprint density at radius 2 is 1.88 bits per heavy atom. The number of rotatable bonds is 12. The Balaban J connectivity index is 2.57. The van der Waals surface area contributed by atoms with Crippen molar-refractivity contribution in [2.45, 2.75) is 32.7 Å². The van der Waals surface area contributed by atoms with Gasteiger partial charge in [0.15, 0.2) is 6.04 Å². The highest BCUT2D eigenvalue weighted by molar-refractivity contribution is 5.95. The van der Waals surface area contributed by atoms with E-state index in [0.717, 1.165) is 23.1 Å². The lowest BCUT2D eigenvalue weighted by Crippen LogP contribution is -2.24. The second-order valence-corrected chi connectivity index (χ2v) is 7.59. The molecule has 0 aliphatic heterocycles. The summed E-state index contributed by atoms with van der Waals surface area (Å²) in [5.41, 5.74) is 10.6. The number of nitrogen functional groups attached to an aromatic ring is 1. The molecule has 2 aromatic carbocycles. The average molecular weight is 440 g/mol. The van der Waals surface area contributed by atoms with Crippen molar-refractivity contribution >= 4 is 17.5 Å². The molecule has 0 saturated carbocycles. The molecule has 7 heteroatoms. The Hall–Kier alpha value is -3.32. The topological polar surface area (TPSA) is 107 Å². The highest BCUT2D eigenvalue weighted by Gasteiger charge is 2.27. The largest absolute Gasteiger partial charge is 0.491 e. The smallest absolute Gasteiger partial charge is 0.333 e. The van der Waals surface area contributed by atoms with E-state index in [1.165, 1.54) is 7.11 Å². The van der Waals surface area contributed by atoms with E-state index in [4.69, 9.17) is 25.4 Å². The lowest BCUT2D eigenvalue weighted by molar-refractivity contribution is -0.141. The van der Waals surface area contributed by atoms with E-state index in [-0.39, 0.29) is 5.84 Å². The van der Waals surface area contributed by atoms with Crippen LogP contribution in [0.3, 0.4) is 0 Å². The van der Waals surface area contributed by atoms with E-state index in [2.05, 4.69) is 24.9 Å². The van der Waals surface area contributed by atoms with Crippen molar-refractivity contribution in [3.63, 3.8) is 0 Å². The summed E-state index contributed by atoms with van der Waals surface area (Å²) >= 11 is 0. The molecule has 32 heavy (non-hydrogen) atoms. The van der Waals surface area contributed by atoms with Crippen LogP contribution in [0.5, 0.6) is 5.75 Å². The van der Waals surface area contributed by atoms with Crippen molar-refractivity contribution in [2.24, 2.45) is 5.73 Å². The molecule has 0 saturated heterocycles. The number of carbonyl (C=O) groups is 1. The van der Waals surface area contributed by atoms with E-state index in [1.807, 2.05) is 13.0 Å². The van der Waals surface area contributed by atoms with Crippen molar-refractivity contribution in [3.05, 3.63) is 70.8 Å². The zero-order valence-electron chi connectivity index (χ0n) is 19.3. The molecule has 0 aliphatic rings. The van der Waals surface area contributed by atoms with Gasteiger partial charge in [0.05, 0.1) is 13.7 Å². The summed E-state index contributed by atoms with van der Waals surface area (Å²) in [6.07, 6.45) is 1.43. The van der Waals surface area contributed by atoms with Crippen LogP contribution in [0.25, 0.3) is 0 Å². The minimum Gasteiger partial charge on any atom is -0.491 e. The number of aryl methyl sites for hydroxylation is 1. The van der Waals surface area contributed by atoms with Crippen molar-refractivity contribution < 1.29 is 19.0 Å². The molecule has 4 N–H and O–H groups in total. The first kappa shape index (κ1) is 24.9. The maximum atomic E-state index is 12.9. The standard InChI is InChI=1S/C25H33N3O4/c1-6-17-14-19(13-16(2)3)23(32-12-11-30-4)21(15-17)22(25(29)31-5)28-20-9-7-18(8-10-20)24(26)27/h7-10,14-15,22,28H,2,6,11-13H2,1,3-5H3,(H3,26,27). The number of allylic oxidation sites excluding steroid dienone is 1. The molecule has 172 valence electrons. The molecular weight excluding hydrogens is 406 g/mol.